The molecule has 0 radical (unpaired) electrons. The molecular weight excluding hydrogens is 366 g/mol. The Morgan fingerprint density at radius 3 is 2.31 bits per heavy atom. The summed E-state index contributed by atoms with van der Waals surface area (Å²) in [5.74, 6) is 1.09. The van der Waals surface area contributed by atoms with Crippen LogP contribution >= 0.6 is 0 Å². The van der Waals surface area contributed by atoms with Gasteiger partial charge in [0.15, 0.2) is 18.1 Å². The van der Waals surface area contributed by atoms with Crippen LogP contribution in [-0.2, 0) is 11.3 Å². The maximum atomic E-state index is 12.0. The molecule has 6 nitrogen and oxygen atoms in total. The molecule has 4 N–H and O–H groups in total. The zero-order valence-electron chi connectivity index (χ0n) is 18.5. The van der Waals surface area contributed by atoms with E-state index >= 15 is 0 Å². The fraction of sp³-hybridized carbons (Fsp3) is 0.435. The highest BCUT2D eigenvalue weighted by Crippen LogP contribution is 2.28. The van der Waals surface area contributed by atoms with Gasteiger partial charge in [0.25, 0.3) is 5.91 Å². The highest BCUT2D eigenvalue weighted by atomic mass is 16.5. The Balaban J connectivity index is 1.99. The van der Waals surface area contributed by atoms with Gasteiger partial charge in [-0.3, -0.25) is 4.79 Å². The summed E-state index contributed by atoms with van der Waals surface area (Å²) in [6, 6.07) is 14.4. The predicted octanol–water partition coefficient (Wildman–Crippen LogP) is 1.55. The molecule has 2 aromatic rings. The number of benzene rings is 2. The first-order chi connectivity index (χ1) is 13.7. The molecule has 0 unspecified atom stereocenters. The van der Waals surface area contributed by atoms with E-state index in [1.165, 1.54) is 16.3 Å². The zero-order chi connectivity index (χ0) is 21.4. The van der Waals surface area contributed by atoms with Crippen LogP contribution in [0.15, 0.2) is 42.5 Å². The molecule has 0 saturated heterocycles. The summed E-state index contributed by atoms with van der Waals surface area (Å²) in [7, 11) is 4.23. The lowest BCUT2D eigenvalue weighted by atomic mass is 10.1. The van der Waals surface area contributed by atoms with E-state index in [2.05, 4.69) is 49.0 Å². The number of hydrogen-bond donors (Lipinski definition) is 3. The van der Waals surface area contributed by atoms with Crippen LogP contribution in [0.3, 0.4) is 0 Å². The van der Waals surface area contributed by atoms with Crippen molar-refractivity contribution >= 4 is 17.3 Å². The molecule has 0 aliphatic heterocycles. The SMILES string of the molecule is CCOc1cc(C[NH2+]c2ccc([NH+](C)C)cc2)ccc1OCC(=O)NC(C)(C)C. The van der Waals surface area contributed by atoms with Crippen LogP contribution in [0, 0.1) is 0 Å². The lowest BCUT2D eigenvalue weighted by Crippen LogP contribution is -3.00. The van der Waals surface area contributed by atoms with Gasteiger partial charge in [-0.25, -0.2) is 0 Å². The molecule has 6 heteroatoms. The normalized spacial score (nSPS) is 11.4. The Labute approximate surface area is 174 Å². The molecule has 1 amide bonds. The van der Waals surface area contributed by atoms with Gasteiger partial charge in [0.05, 0.1) is 20.7 Å². The minimum atomic E-state index is -0.283. The first kappa shape index (κ1) is 22.7. The van der Waals surface area contributed by atoms with Crippen LogP contribution in [0.1, 0.15) is 33.3 Å². The molecule has 0 aliphatic rings. The van der Waals surface area contributed by atoms with Crippen molar-refractivity contribution in [3.05, 3.63) is 48.0 Å². The maximum absolute atomic E-state index is 12.0. The third-order valence-electron chi connectivity index (χ3n) is 4.24. The van der Waals surface area contributed by atoms with Crippen LogP contribution in [0.4, 0.5) is 11.4 Å². The van der Waals surface area contributed by atoms with E-state index in [0.29, 0.717) is 18.1 Å². The second-order valence-corrected chi connectivity index (χ2v) is 8.33. The summed E-state index contributed by atoms with van der Waals surface area (Å²) in [6.45, 7) is 9.04. The number of carbonyl (C=O) groups is 1. The number of amides is 1. The lowest BCUT2D eigenvalue weighted by molar-refractivity contribution is -0.786. The summed E-state index contributed by atoms with van der Waals surface area (Å²) < 4.78 is 11.4. The van der Waals surface area contributed by atoms with Gasteiger partial charge in [-0.2, -0.15) is 0 Å². The molecular formula is C23H35N3O3+2. The van der Waals surface area contributed by atoms with E-state index < -0.39 is 0 Å². The molecule has 0 heterocycles. The second kappa shape index (κ2) is 10.3. The van der Waals surface area contributed by atoms with Crippen LogP contribution in [0.5, 0.6) is 11.5 Å². The highest BCUT2D eigenvalue weighted by Gasteiger charge is 2.15. The summed E-state index contributed by atoms with van der Waals surface area (Å²) in [5.41, 5.74) is 3.29. The average molecular weight is 402 g/mol. The summed E-state index contributed by atoms with van der Waals surface area (Å²) in [4.78, 5) is 13.3. The van der Waals surface area contributed by atoms with E-state index in [-0.39, 0.29) is 18.1 Å². The van der Waals surface area contributed by atoms with Gasteiger partial charge < -0.3 is 25.0 Å². The summed E-state index contributed by atoms with van der Waals surface area (Å²) in [5, 5.41) is 5.08. The molecule has 0 aromatic heterocycles. The Hall–Kier alpha value is -2.57. The van der Waals surface area contributed by atoms with Crippen LogP contribution in [0.25, 0.3) is 0 Å². The van der Waals surface area contributed by atoms with E-state index in [1.54, 1.807) is 0 Å². The van der Waals surface area contributed by atoms with Crippen molar-refractivity contribution in [1.29, 1.82) is 0 Å². The van der Waals surface area contributed by atoms with Gasteiger partial charge >= 0.3 is 0 Å². The standard InChI is InChI=1S/C23H33N3O3/c1-7-28-21-14-17(15-24-18-9-11-19(12-10-18)26(5)6)8-13-20(21)29-16-22(27)25-23(2,3)4/h8-14,24H,7,15-16H2,1-6H3,(H,25,27)/p+2. The van der Waals surface area contributed by atoms with Crippen molar-refractivity contribution in [2.45, 2.75) is 39.8 Å². The van der Waals surface area contributed by atoms with Gasteiger partial charge in [-0.05, 0) is 45.9 Å². The van der Waals surface area contributed by atoms with Crippen LogP contribution in [-0.4, -0.2) is 38.8 Å². The van der Waals surface area contributed by atoms with E-state index in [4.69, 9.17) is 9.47 Å². The van der Waals surface area contributed by atoms with Gasteiger partial charge in [-0.15, -0.1) is 0 Å². The maximum Gasteiger partial charge on any atom is 0.258 e. The highest BCUT2D eigenvalue weighted by molar-refractivity contribution is 5.78. The molecule has 2 rings (SSSR count). The quantitative estimate of drug-likeness (QED) is 0.559. The number of quaternary nitrogens is 2. The number of ether oxygens (including phenoxy) is 2. The van der Waals surface area contributed by atoms with Crippen molar-refractivity contribution in [1.82, 2.24) is 5.32 Å². The molecule has 29 heavy (non-hydrogen) atoms. The number of nitrogens with one attached hydrogen (secondary N) is 2. The largest absolute Gasteiger partial charge is 0.490 e. The van der Waals surface area contributed by atoms with E-state index in [9.17, 15) is 4.79 Å². The van der Waals surface area contributed by atoms with E-state index in [1.807, 2.05) is 45.9 Å². The fourth-order valence-electron chi connectivity index (χ4n) is 2.85. The Bertz CT molecular complexity index is 796. The first-order valence-electron chi connectivity index (χ1n) is 10.1. The van der Waals surface area contributed by atoms with Crippen molar-refractivity contribution < 1.29 is 24.5 Å². The number of hydrogen-bond acceptors (Lipinski definition) is 3. The topological polar surface area (TPSA) is 68.6 Å². The third kappa shape index (κ3) is 7.75. The predicted molar refractivity (Wildman–Crippen MR) is 115 cm³/mol. The van der Waals surface area contributed by atoms with Crippen molar-refractivity contribution in [3.63, 3.8) is 0 Å². The van der Waals surface area contributed by atoms with Crippen LogP contribution < -0.4 is 25.0 Å². The molecule has 0 bridgehead atoms. The fourth-order valence-corrected chi connectivity index (χ4v) is 2.85. The minimum absolute atomic E-state index is 0.0387. The molecule has 0 spiro atoms. The number of rotatable bonds is 9. The van der Waals surface area contributed by atoms with Gasteiger partial charge in [0.1, 0.15) is 17.9 Å². The molecule has 0 atom stereocenters. The van der Waals surface area contributed by atoms with Gasteiger partial charge in [0, 0.05) is 35.4 Å². The third-order valence-corrected chi connectivity index (χ3v) is 4.24. The Morgan fingerprint density at radius 1 is 1.03 bits per heavy atom. The monoisotopic (exact) mass is 401 g/mol. The molecule has 2 aromatic carbocycles. The van der Waals surface area contributed by atoms with Crippen LogP contribution in [0.2, 0.25) is 0 Å². The number of carbonyl (C=O) groups excluding carboxylic acids is 1. The Morgan fingerprint density at radius 2 is 1.72 bits per heavy atom. The van der Waals surface area contributed by atoms with Crippen molar-refractivity contribution in [2.75, 3.05) is 27.3 Å². The van der Waals surface area contributed by atoms with E-state index in [0.717, 1.165) is 12.1 Å². The van der Waals surface area contributed by atoms with Crippen molar-refractivity contribution in [2.24, 2.45) is 0 Å². The van der Waals surface area contributed by atoms with Crippen molar-refractivity contribution in [3.8, 4) is 11.5 Å². The molecule has 0 saturated carbocycles. The summed E-state index contributed by atoms with van der Waals surface area (Å²) in [6.07, 6.45) is 0. The smallest absolute Gasteiger partial charge is 0.258 e. The lowest BCUT2D eigenvalue weighted by Gasteiger charge is -2.21. The van der Waals surface area contributed by atoms with Gasteiger partial charge in [-0.1, -0.05) is 0 Å². The Kier molecular flexibility index (Phi) is 8.05. The summed E-state index contributed by atoms with van der Waals surface area (Å²) >= 11 is 0. The second-order valence-electron chi connectivity index (χ2n) is 8.33. The molecule has 0 aliphatic carbocycles. The van der Waals surface area contributed by atoms with Gasteiger partial charge in [0.2, 0.25) is 0 Å². The molecule has 158 valence electrons. The first-order valence-corrected chi connectivity index (χ1v) is 10.1. The zero-order valence-corrected chi connectivity index (χ0v) is 18.5. The molecule has 0 fully saturated rings. The number of nitrogens with two attached hydrogens (primary N) is 1. The minimum Gasteiger partial charge on any atom is -0.490 e. The average Bonchev–Trinajstić information content (AvgIpc) is 2.65.